The van der Waals surface area contributed by atoms with Crippen LogP contribution in [0.15, 0.2) is 0 Å². The number of rotatable bonds is 7. The summed E-state index contributed by atoms with van der Waals surface area (Å²) < 4.78 is 0. The first-order chi connectivity index (χ1) is 5.70. The van der Waals surface area contributed by atoms with Gasteiger partial charge in [-0.25, -0.2) is 0 Å². The summed E-state index contributed by atoms with van der Waals surface area (Å²) in [6.07, 6.45) is 4.48. The zero-order chi connectivity index (χ0) is 9.40. The molecular formula is C9H22N2S. The average Bonchev–Trinajstić information content (AvgIpc) is 2.01. The molecule has 0 heterocycles. The van der Waals surface area contributed by atoms with Crippen molar-refractivity contribution in [2.75, 3.05) is 32.1 Å². The Bertz CT molecular complexity index is 98.5. The SMILES string of the molecule is CCCN(C)C[C@@H](N)CCSC. The van der Waals surface area contributed by atoms with Crippen molar-refractivity contribution in [3.8, 4) is 0 Å². The minimum absolute atomic E-state index is 0.356. The molecule has 0 unspecified atom stereocenters. The summed E-state index contributed by atoms with van der Waals surface area (Å²) in [5, 5.41) is 0. The topological polar surface area (TPSA) is 29.3 Å². The van der Waals surface area contributed by atoms with Crippen molar-refractivity contribution in [2.24, 2.45) is 5.73 Å². The maximum absolute atomic E-state index is 5.94. The van der Waals surface area contributed by atoms with Gasteiger partial charge < -0.3 is 10.6 Å². The lowest BCUT2D eigenvalue weighted by atomic mass is 10.2. The van der Waals surface area contributed by atoms with Gasteiger partial charge in [0.2, 0.25) is 0 Å². The van der Waals surface area contributed by atoms with Crippen LogP contribution in [0.1, 0.15) is 19.8 Å². The van der Waals surface area contributed by atoms with Crippen LogP contribution in [0.4, 0.5) is 0 Å². The van der Waals surface area contributed by atoms with Gasteiger partial charge in [-0.1, -0.05) is 6.92 Å². The number of likely N-dealkylation sites (N-methyl/N-ethyl adjacent to an activating group) is 1. The largest absolute Gasteiger partial charge is 0.327 e. The average molecular weight is 190 g/mol. The van der Waals surface area contributed by atoms with Crippen LogP contribution < -0.4 is 5.73 Å². The fourth-order valence-electron chi connectivity index (χ4n) is 1.23. The summed E-state index contributed by atoms with van der Waals surface area (Å²) in [5.41, 5.74) is 5.94. The number of hydrogen-bond donors (Lipinski definition) is 1. The maximum atomic E-state index is 5.94. The highest BCUT2D eigenvalue weighted by Gasteiger charge is 2.04. The predicted molar refractivity (Wildman–Crippen MR) is 58.8 cm³/mol. The van der Waals surface area contributed by atoms with Crippen LogP contribution >= 0.6 is 11.8 Å². The maximum Gasteiger partial charge on any atom is 0.0175 e. The zero-order valence-electron chi connectivity index (χ0n) is 8.55. The van der Waals surface area contributed by atoms with Crippen LogP contribution in [0.25, 0.3) is 0 Å². The summed E-state index contributed by atoms with van der Waals surface area (Å²) in [4.78, 5) is 2.31. The molecule has 2 nitrogen and oxygen atoms in total. The van der Waals surface area contributed by atoms with Crippen molar-refractivity contribution in [1.82, 2.24) is 4.90 Å². The fourth-order valence-corrected chi connectivity index (χ4v) is 1.77. The van der Waals surface area contributed by atoms with Crippen LogP contribution in [0.5, 0.6) is 0 Å². The molecule has 0 aliphatic heterocycles. The zero-order valence-corrected chi connectivity index (χ0v) is 9.36. The molecule has 1 atom stereocenters. The van der Waals surface area contributed by atoms with E-state index in [1.54, 1.807) is 0 Å². The highest BCUT2D eigenvalue weighted by Crippen LogP contribution is 2.00. The van der Waals surface area contributed by atoms with E-state index in [1.807, 2.05) is 11.8 Å². The Morgan fingerprint density at radius 2 is 2.17 bits per heavy atom. The molecule has 0 saturated carbocycles. The smallest absolute Gasteiger partial charge is 0.0175 e. The van der Waals surface area contributed by atoms with Gasteiger partial charge in [-0.15, -0.1) is 0 Å². The van der Waals surface area contributed by atoms with Crippen molar-refractivity contribution in [1.29, 1.82) is 0 Å². The van der Waals surface area contributed by atoms with E-state index in [-0.39, 0.29) is 0 Å². The molecule has 0 radical (unpaired) electrons. The second-order valence-corrected chi connectivity index (χ2v) is 4.29. The van der Waals surface area contributed by atoms with Gasteiger partial charge in [-0.05, 0) is 38.4 Å². The molecule has 0 aromatic heterocycles. The number of hydrogen-bond acceptors (Lipinski definition) is 3. The van der Waals surface area contributed by atoms with E-state index in [1.165, 1.54) is 12.2 Å². The Hall–Kier alpha value is 0.270. The molecule has 0 amide bonds. The van der Waals surface area contributed by atoms with Gasteiger partial charge in [0.05, 0.1) is 0 Å². The molecular weight excluding hydrogens is 168 g/mol. The van der Waals surface area contributed by atoms with Gasteiger partial charge >= 0.3 is 0 Å². The van der Waals surface area contributed by atoms with Crippen molar-refractivity contribution < 1.29 is 0 Å². The molecule has 0 bridgehead atoms. The Morgan fingerprint density at radius 1 is 1.50 bits per heavy atom. The Morgan fingerprint density at radius 3 is 2.67 bits per heavy atom. The number of thioether (sulfide) groups is 1. The monoisotopic (exact) mass is 190 g/mol. The van der Waals surface area contributed by atoms with E-state index in [2.05, 4.69) is 25.1 Å². The van der Waals surface area contributed by atoms with E-state index < -0.39 is 0 Å². The van der Waals surface area contributed by atoms with Gasteiger partial charge in [-0.2, -0.15) is 11.8 Å². The third kappa shape index (κ3) is 6.95. The van der Waals surface area contributed by atoms with Crippen LogP contribution in [0.3, 0.4) is 0 Å². The molecule has 74 valence electrons. The minimum Gasteiger partial charge on any atom is -0.327 e. The molecule has 0 aliphatic carbocycles. The minimum atomic E-state index is 0.356. The van der Waals surface area contributed by atoms with Gasteiger partial charge in [0.1, 0.15) is 0 Å². The summed E-state index contributed by atoms with van der Waals surface area (Å²) >= 11 is 1.87. The lowest BCUT2D eigenvalue weighted by Gasteiger charge is -2.20. The lowest BCUT2D eigenvalue weighted by Crippen LogP contribution is -2.36. The lowest BCUT2D eigenvalue weighted by molar-refractivity contribution is 0.309. The molecule has 0 aromatic carbocycles. The van der Waals surface area contributed by atoms with Crippen LogP contribution in [0.2, 0.25) is 0 Å². The van der Waals surface area contributed by atoms with Gasteiger partial charge in [0, 0.05) is 12.6 Å². The highest BCUT2D eigenvalue weighted by molar-refractivity contribution is 7.98. The van der Waals surface area contributed by atoms with Crippen molar-refractivity contribution >= 4 is 11.8 Å². The van der Waals surface area contributed by atoms with Crippen molar-refractivity contribution in [3.05, 3.63) is 0 Å². The summed E-state index contributed by atoms with van der Waals surface area (Å²) in [5.74, 6) is 1.18. The molecule has 0 fully saturated rings. The molecule has 0 aliphatic rings. The molecule has 0 spiro atoms. The second kappa shape index (κ2) is 7.90. The summed E-state index contributed by atoms with van der Waals surface area (Å²) in [6.45, 7) is 4.39. The molecule has 0 saturated heterocycles. The predicted octanol–water partition coefficient (Wildman–Crippen LogP) is 1.41. The molecule has 12 heavy (non-hydrogen) atoms. The Labute approximate surface area is 80.9 Å². The van der Waals surface area contributed by atoms with E-state index in [0.717, 1.165) is 19.5 Å². The Balaban J connectivity index is 3.33. The van der Waals surface area contributed by atoms with Gasteiger partial charge in [-0.3, -0.25) is 0 Å². The van der Waals surface area contributed by atoms with Gasteiger partial charge in [0.25, 0.3) is 0 Å². The van der Waals surface area contributed by atoms with Gasteiger partial charge in [0.15, 0.2) is 0 Å². The third-order valence-corrected chi connectivity index (χ3v) is 2.49. The summed E-state index contributed by atoms with van der Waals surface area (Å²) in [7, 11) is 2.14. The number of nitrogens with zero attached hydrogens (tertiary/aromatic N) is 1. The standard InChI is InChI=1S/C9H22N2S/c1-4-6-11(2)8-9(10)5-7-12-3/h9H,4-8,10H2,1-3H3/t9-/m0/s1. The Kier molecular flexibility index (Phi) is 8.07. The molecule has 2 N–H and O–H groups in total. The number of nitrogens with two attached hydrogens (primary N) is 1. The molecule has 3 heteroatoms. The normalized spacial score (nSPS) is 13.8. The first-order valence-electron chi connectivity index (χ1n) is 4.63. The van der Waals surface area contributed by atoms with E-state index >= 15 is 0 Å². The van der Waals surface area contributed by atoms with E-state index in [9.17, 15) is 0 Å². The van der Waals surface area contributed by atoms with E-state index in [0.29, 0.717) is 6.04 Å². The first-order valence-corrected chi connectivity index (χ1v) is 6.03. The summed E-state index contributed by atoms with van der Waals surface area (Å²) in [6, 6.07) is 0.356. The van der Waals surface area contributed by atoms with Crippen molar-refractivity contribution in [3.63, 3.8) is 0 Å². The fraction of sp³-hybridized carbons (Fsp3) is 1.00. The molecule has 0 aromatic rings. The third-order valence-electron chi connectivity index (χ3n) is 1.84. The molecule has 0 rings (SSSR count). The van der Waals surface area contributed by atoms with Crippen molar-refractivity contribution in [2.45, 2.75) is 25.8 Å². The second-order valence-electron chi connectivity index (χ2n) is 3.30. The van der Waals surface area contributed by atoms with Crippen LogP contribution in [-0.4, -0.2) is 43.1 Å². The van der Waals surface area contributed by atoms with Crippen LogP contribution in [0, 0.1) is 0 Å². The van der Waals surface area contributed by atoms with Crippen LogP contribution in [-0.2, 0) is 0 Å². The first kappa shape index (κ1) is 12.3. The van der Waals surface area contributed by atoms with E-state index in [4.69, 9.17) is 5.73 Å². The highest BCUT2D eigenvalue weighted by atomic mass is 32.2. The quantitative estimate of drug-likeness (QED) is 0.658.